The number of benzene rings is 1. The first kappa shape index (κ1) is 16.4. The zero-order valence-electron chi connectivity index (χ0n) is 12.4. The van der Waals surface area contributed by atoms with Crippen LogP contribution < -0.4 is 0 Å². The Morgan fingerprint density at radius 1 is 0.917 bits per heavy atom. The van der Waals surface area contributed by atoms with Crippen LogP contribution >= 0.6 is 0 Å². The number of nitrogens with zero attached hydrogens (tertiary/aromatic N) is 1. The molecule has 0 saturated carbocycles. The summed E-state index contributed by atoms with van der Waals surface area (Å²) in [5.74, 6) is -1.14. The van der Waals surface area contributed by atoms with Crippen molar-refractivity contribution in [1.82, 2.24) is 4.31 Å². The Hall–Kier alpha value is -2.45. The van der Waals surface area contributed by atoms with Gasteiger partial charge in [0.05, 0.1) is 25.6 Å². The van der Waals surface area contributed by atoms with Crippen molar-refractivity contribution < 1.29 is 26.0 Å². The molecule has 0 saturated heterocycles. The van der Waals surface area contributed by atoms with Crippen LogP contribution in [0.3, 0.4) is 0 Å². The third-order valence-electron chi connectivity index (χ3n) is 3.34. The molecule has 3 rings (SSSR count). The molecule has 0 bridgehead atoms. The SMILES string of the molecule is O=S(=O)(c1cc(F)ccc1F)N(Cc1ccco1)Cc1ccco1. The molecule has 0 spiro atoms. The molecule has 3 aromatic rings. The Balaban J connectivity index is 2.00. The summed E-state index contributed by atoms with van der Waals surface area (Å²) in [6.07, 6.45) is 2.80. The van der Waals surface area contributed by atoms with E-state index in [1.54, 1.807) is 24.3 Å². The first-order valence-electron chi connectivity index (χ1n) is 6.97. The van der Waals surface area contributed by atoms with Crippen LogP contribution in [0, 0.1) is 11.6 Å². The number of halogens is 2. The zero-order valence-corrected chi connectivity index (χ0v) is 13.2. The van der Waals surface area contributed by atoms with E-state index in [1.807, 2.05) is 0 Å². The van der Waals surface area contributed by atoms with Crippen LogP contribution in [0.15, 0.2) is 68.7 Å². The number of furan rings is 2. The molecule has 0 aliphatic heterocycles. The molecular weight excluding hydrogens is 340 g/mol. The quantitative estimate of drug-likeness (QED) is 0.680. The molecule has 2 aromatic heterocycles. The zero-order chi connectivity index (χ0) is 17.2. The molecule has 0 aliphatic carbocycles. The monoisotopic (exact) mass is 353 g/mol. The van der Waals surface area contributed by atoms with Crippen LogP contribution in [0.25, 0.3) is 0 Å². The van der Waals surface area contributed by atoms with Crippen LogP contribution in [0.4, 0.5) is 8.78 Å². The van der Waals surface area contributed by atoms with Gasteiger partial charge in [-0.05, 0) is 42.5 Å². The van der Waals surface area contributed by atoms with E-state index in [1.165, 1.54) is 12.5 Å². The average molecular weight is 353 g/mol. The van der Waals surface area contributed by atoms with Crippen LogP contribution in [-0.2, 0) is 23.1 Å². The van der Waals surface area contributed by atoms with Gasteiger partial charge in [0, 0.05) is 0 Å². The largest absolute Gasteiger partial charge is 0.468 e. The third-order valence-corrected chi connectivity index (χ3v) is 5.14. The lowest BCUT2D eigenvalue weighted by atomic mass is 10.3. The summed E-state index contributed by atoms with van der Waals surface area (Å²) in [7, 11) is -4.31. The van der Waals surface area contributed by atoms with Gasteiger partial charge in [0.1, 0.15) is 28.1 Å². The van der Waals surface area contributed by atoms with Crippen molar-refractivity contribution in [3.8, 4) is 0 Å². The smallest absolute Gasteiger partial charge is 0.246 e. The highest BCUT2D eigenvalue weighted by Crippen LogP contribution is 2.24. The Morgan fingerprint density at radius 3 is 2.00 bits per heavy atom. The average Bonchev–Trinajstić information content (AvgIpc) is 3.22. The van der Waals surface area contributed by atoms with Crippen molar-refractivity contribution in [2.24, 2.45) is 0 Å². The van der Waals surface area contributed by atoms with Gasteiger partial charge in [0.15, 0.2) is 0 Å². The highest BCUT2D eigenvalue weighted by atomic mass is 32.2. The molecule has 0 atom stereocenters. The molecule has 5 nitrogen and oxygen atoms in total. The second-order valence-electron chi connectivity index (χ2n) is 5.01. The minimum absolute atomic E-state index is 0.147. The van der Waals surface area contributed by atoms with Gasteiger partial charge in [-0.1, -0.05) is 0 Å². The molecule has 0 unspecified atom stereocenters. The van der Waals surface area contributed by atoms with E-state index < -0.39 is 26.6 Å². The fourth-order valence-corrected chi connectivity index (χ4v) is 3.64. The van der Waals surface area contributed by atoms with E-state index in [-0.39, 0.29) is 13.1 Å². The number of hydrogen-bond acceptors (Lipinski definition) is 4. The standard InChI is InChI=1S/C16H13F2NO4S/c17-12-5-6-15(18)16(9-12)24(20,21)19(10-13-3-1-7-22-13)11-14-4-2-8-23-14/h1-9H,10-11H2. The van der Waals surface area contributed by atoms with Gasteiger partial charge in [-0.3, -0.25) is 0 Å². The minimum atomic E-state index is -4.31. The van der Waals surface area contributed by atoms with E-state index in [9.17, 15) is 17.2 Å². The number of hydrogen-bond donors (Lipinski definition) is 0. The van der Waals surface area contributed by atoms with Crippen LogP contribution in [0.1, 0.15) is 11.5 Å². The van der Waals surface area contributed by atoms with Crippen molar-refractivity contribution in [3.63, 3.8) is 0 Å². The molecule has 8 heteroatoms. The molecule has 24 heavy (non-hydrogen) atoms. The van der Waals surface area contributed by atoms with Crippen molar-refractivity contribution >= 4 is 10.0 Å². The second kappa shape index (κ2) is 6.58. The van der Waals surface area contributed by atoms with E-state index >= 15 is 0 Å². The normalized spacial score (nSPS) is 12.0. The molecule has 0 aliphatic rings. The van der Waals surface area contributed by atoms with Gasteiger partial charge in [-0.2, -0.15) is 4.31 Å². The number of sulfonamides is 1. The summed E-state index contributed by atoms with van der Waals surface area (Å²) < 4.78 is 64.2. The minimum Gasteiger partial charge on any atom is -0.468 e. The molecule has 1 aromatic carbocycles. The maximum absolute atomic E-state index is 14.0. The van der Waals surface area contributed by atoms with Gasteiger partial charge in [-0.25, -0.2) is 17.2 Å². The molecule has 0 N–H and O–H groups in total. The first-order valence-corrected chi connectivity index (χ1v) is 8.41. The topological polar surface area (TPSA) is 63.7 Å². The van der Waals surface area contributed by atoms with Crippen LogP contribution in [0.2, 0.25) is 0 Å². The summed E-state index contributed by atoms with van der Waals surface area (Å²) in [6.45, 7) is -0.294. The van der Waals surface area contributed by atoms with E-state index in [0.29, 0.717) is 17.6 Å². The van der Waals surface area contributed by atoms with Crippen molar-refractivity contribution in [2.75, 3.05) is 0 Å². The highest BCUT2D eigenvalue weighted by Gasteiger charge is 2.29. The molecule has 0 fully saturated rings. The van der Waals surface area contributed by atoms with Gasteiger partial charge >= 0.3 is 0 Å². The molecule has 2 heterocycles. The fourth-order valence-electron chi connectivity index (χ4n) is 2.19. The summed E-state index contributed by atoms with van der Waals surface area (Å²) in [6, 6.07) is 8.69. The number of rotatable bonds is 6. The maximum Gasteiger partial charge on any atom is 0.246 e. The molecular formula is C16H13F2NO4S. The van der Waals surface area contributed by atoms with E-state index in [2.05, 4.69) is 0 Å². The Bertz CT molecular complexity index is 869. The van der Waals surface area contributed by atoms with Crippen LogP contribution in [0.5, 0.6) is 0 Å². The second-order valence-corrected chi connectivity index (χ2v) is 6.91. The highest BCUT2D eigenvalue weighted by molar-refractivity contribution is 7.89. The first-order chi connectivity index (χ1) is 11.5. The van der Waals surface area contributed by atoms with Gasteiger partial charge < -0.3 is 8.83 Å². The van der Waals surface area contributed by atoms with Gasteiger partial charge in [0.2, 0.25) is 10.0 Å². The van der Waals surface area contributed by atoms with Crippen LogP contribution in [-0.4, -0.2) is 12.7 Å². The van der Waals surface area contributed by atoms with Crippen molar-refractivity contribution in [1.29, 1.82) is 0 Å². The molecule has 0 amide bonds. The lowest BCUT2D eigenvalue weighted by Crippen LogP contribution is -2.30. The predicted molar refractivity (Wildman–Crippen MR) is 80.2 cm³/mol. The Morgan fingerprint density at radius 2 is 1.50 bits per heavy atom. The summed E-state index contributed by atoms with van der Waals surface area (Å²) in [4.78, 5) is -0.736. The van der Waals surface area contributed by atoms with E-state index in [4.69, 9.17) is 8.83 Å². The summed E-state index contributed by atoms with van der Waals surface area (Å²) >= 11 is 0. The molecule has 126 valence electrons. The molecule has 0 radical (unpaired) electrons. The van der Waals surface area contributed by atoms with Crippen molar-refractivity contribution in [3.05, 3.63) is 78.1 Å². The van der Waals surface area contributed by atoms with E-state index in [0.717, 1.165) is 16.4 Å². The summed E-state index contributed by atoms with van der Waals surface area (Å²) in [5, 5.41) is 0. The fraction of sp³-hybridized carbons (Fsp3) is 0.125. The van der Waals surface area contributed by atoms with Gasteiger partial charge in [-0.15, -0.1) is 0 Å². The Kier molecular flexibility index (Phi) is 4.50. The van der Waals surface area contributed by atoms with Crippen molar-refractivity contribution in [2.45, 2.75) is 18.0 Å². The lowest BCUT2D eigenvalue weighted by Gasteiger charge is -2.20. The Labute approximate surface area is 137 Å². The third kappa shape index (κ3) is 3.39. The predicted octanol–water partition coefficient (Wildman–Crippen LogP) is 3.54. The lowest BCUT2D eigenvalue weighted by molar-refractivity contribution is 0.329. The maximum atomic E-state index is 14.0. The summed E-state index contributed by atoms with van der Waals surface area (Å²) in [5.41, 5.74) is 0. The van der Waals surface area contributed by atoms with Gasteiger partial charge in [0.25, 0.3) is 0 Å².